The van der Waals surface area contributed by atoms with E-state index in [9.17, 15) is 13.2 Å². The van der Waals surface area contributed by atoms with Crippen LogP contribution in [0.1, 0.15) is 22.3 Å². The van der Waals surface area contributed by atoms with Crippen LogP contribution in [0.3, 0.4) is 0 Å². The highest BCUT2D eigenvalue weighted by Crippen LogP contribution is 2.30. The fourth-order valence-electron chi connectivity index (χ4n) is 3.55. The van der Waals surface area contributed by atoms with Crippen molar-refractivity contribution in [2.45, 2.75) is 18.0 Å². The van der Waals surface area contributed by atoms with Crippen molar-refractivity contribution in [3.05, 3.63) is 59.9 Å². The van der Waals surface area contributed by atoms with Crippen LogP contribution in [0.15, 0.2) is 53.9 Å². The van der Waals surface area contributed by atoms with E-state index < -0.39 is 10.0 Å². The molecule has 2 heterocycles. The number of Topliss-reactive ketones (excluding diaryl/α,β-unsaturated/α-hetero) is 1. The molecule has 0 spiro atoms. The molecule has 0 atom stereocenters. The van der Waals surface area contributed by atoms with Gasteiger partial charge in [0.1, 0.15) is 12.1 Å². The standard InChI is InChI=1S/C21H22N4O4S2/c1-29-18-7-3-6-17(12-18)24-14-22-23-21(24)30-13-20(26)16-8-9-19-15(11-16)5-4-10-25(19)31(2,27)28/h3,6-9,11-12,14H,4-5,10,13H2,1-2H3. The van der Waals surface area contributed by atoms with E-state index in [2.05, 4.69) is 10.2 Å². The number of sulfonamides is 1. The van der Waals surface area contributed by atoms with Crippen LogP contribution in [0, 0.1) is 0 Å². The van der Waals surface area contributed by atoms with Crippen molar-refractivity contribution < 1.29 is 17.9 Å². The quantitative estimate of drug-likeness (QED) is 0.397. The zero-order valence-electron chi connectivity index (χ0n) is 17.2. The number of fused-ring (bicyclic) bond motifs is 1. The van der Waals surface area contributed by atoms with E-state index in [1.807, 2.05) is 30.3 Å². The Hall–Kier alpha value is -2.85. The number of aromatic nitrogens is 3. The number of methoxy groups -OCH3 is 1. The molecule has 0 fully saturated rings. The lowest BCUT2D eigenvalue weighted by Gasteiger charge is -2.29. The maximum atomic E-state index is 12.8. The van der Waals surface area contributed by atoms with E-state index in [1.165, 1.54) is 22.3 Å². The van der Waals surface area contributed by atoms with Crippen LogP contribution in [0.5, 0.6) is 5.75 Å². The number of aryl methyl sites for hydroxylation is 1. The van der Waals surface area contributed by atoms with Gasteiger partial charge < -0.3 is 4.74 Å². The molecule has 31 heavy (non-hydrogen) atoms. The zero-order valence-corrected chi connectivity index (χ0v) is 18.8. The van der Waals surface area contributed by atoms with Crippen molar-refractivity contribution in [3.63, 3.8) is 0 Å². The third-order valence-corrected chi connectivity index (χ3v) is 7.18. The maximum Gasteiger partial charge on any atom is 0.232 e. The number of thioether (sulfide) groups is 1. The molecular formula is C21H22N4O4S2. The number of ketones is 1. The van der Waals surface area contributed by atoms with Gasteiger partial charge >= 0.3 is 0 Å². The van der Waals surface area contributed by atoms with Gasteiger partial charge in [-0.05, 0) is 48.7 Å². The first-order valence-corrected chi connectivity index (χ1v) is 12.5. The topological polar surface area (TPSA) is 94.4 Å². The Morgan fingerprint density at radius 1 is 1.23 bits per heavy atom. The van der Waals surface area contributed by atoms with Crippen molar-refractivity contribution in [1.29, 1.82) is 0 Å². The Bertz CT molecular complexity index is 1220. The van der Waals surface area contributed by atoms with Crippen LogP contribution in [0.25, 0.3) is 5.69 Å². The highest BCUT2D eigenvalue weighted by Gasteiger charge is 2.24. The smallest absolute Gasteiger partial charge is 0.232 e. The number of hydrogen-bond donors (Lipinski definition) is 0. The van der Waals surface area contributed by atoms with Crippen LogP contribution in [0.4, 0.5) is 5.69 Å². The molecule has 4 rings (SSSR count). The molecule has 0 amide bonds. The van der Waals surface area contributed by atoms with E-state index in [0.717, 1.165) is 29.8 Å². The first kappa shape index (κ1) is 21.4. The summed E-state index contributed by atoms with van der Waals surface area (Å²) in [5, 5.41) is 8.70. The van der Waals surface area contributed by atoms with Crippen molar-refractivity contribution in [1.82, 2.24) is 14.8 Å². The maximum absolute atomic E-state index is 12.8. The zero-order chi connectivity index (χ0) is 22.0. The molecular weight excluding hydrogens is 436 g/mol. The molecule has 0 radical (unpaired) electrons. The highest BCUT2D eigenvalue weighted by atomic mass is 32.2. The van der Waals surface area contributed by atoms with E-state index in [0.29, 0.717) is 23.0 Å². The van der Waals surface area contributed by atoms with Crippen molar-refractivity contribution in [2.24, 2.45) is 0 Å². The van der Waals surface area contributed by atoms with Gasteiger partial charge in [0.2, 0.25) is 10.0 Å². The summed E-state index contributed by atoms with van der Waals surface area (Å²) in [5.74, 6) is 0.858. The summed E-state index contributed by atoms with van der Waals surface area (Å²) in [7, 11) is -1.73. The number of carbonyl (C=O) groups excluding carboxylic acids is 1. The number of ether oxygens (including phenoxy) is 1. The molecule has 2 aromatic carbocycles. The number of hydrogen-bond acceptors (Lipinski definition) is 7. The van der Waals surface area contributed by atoms with Gasteiger partial charge in [0.25, 0.3) is 0 Å². The summed E-state index contributed by atoms with van der Waals surface area (Å²) in [6, 6.07) is 12.7. The molecule has 0 N–H and O–H groups in total. The second kappa shape index (κ2) is 8.72. The van der Waals surface area contributed by atoms with E-state index in [-0.39, 0.29) is 11.5 Å². The summed E-state index contributed by atoms with van der Waals surface area (Å²) in [4.78, 5) is 12.8. The molecule has 1 aromatic heterocycles. The van der Waals surface area contributed by atoms with Gasteiger partial charge in [-0.1, -0.05) is 17.8 Å². The fourth-order valence-corrected chi connectivity index (χ4v) is 5.37. The van der Waals surface area contributed by atoms with Gasteiger partial charge in [0.15, 0.2) is 10.9 Å². The van der Waals surface area contributed by atoms with Gasteiger partial charge in [-0.2, -0.15) is 0 Å². The number of nitrogens with zero attached hydrogens (tertiary/aromatic N) is 4. The lowest BCUT2D eigenvalue weighted by Crippen LogP contribution is -2.34. The summed E-state index contributed by atoms with van der Waals surface area (Å²) in [6.07, 6.45) is 4.28. The molecule has 0 unspecified atom stereocenters. The Morgan fingerprint density at radius 3 is 2.84 bits per heavy atom. The second-order valence-electron chi connectivity index (χ2n) is 7.18. The molecule has 1 aliphatic rings. The van der Waals surface area contributed by atoms with Crippen LogP contribution < -0.4 is 9.04 Å². The number of carbonyl (C=O) groups is 1. The van der Waals surface area contributed by atoms with Crippen molar-refractivity contribution in [3.8, 4) is 11.4 Å². The van der Waals surface area contributed by atoms with Crippen LogP contribution >= 0.6 is 11.8 Å². The lowest BCUT2D eigenvalue weighted by atomic mass is 9.99. The number of anilines is 1. The Balaban J connectivity index is 1.50. The molecule has 10 heteroatoms. The van der Waals surface area contributed by atoms with Gasteiger partial charge in [0.05, 0.1) is 30.5 Å². The number of benzene rings is 2. The fraction of sp³-hybridized carbons (Fsp3) is 0.286. The summed E-state index contributed by atoms with van der Waals surface area (Å²) >= 11 is 1.30. The Morgan fingerprint density at radius 2 is 2.06 bits per heavy atom. The van der Waals surface area contributed by atoms with Crippen molar-refractivity contribution >= 4 is 33.3 Å². The Labute approximate surface area is 185 Å². The number of rotatable bonds is 7. The molecule has 0 aliphatic carbocycles. The molecule has 8 nitrogen and oxygen atoms in total. The minimum atomic E-state index is -3.33. The average Bonchev–Trinajstić information content (AvgIpc) is 3.24. The lowest BCUT2D eigenvalue weighted by molar-refractivity contribution is 0.102. The predicted octanol–water partition coefficient (Wildman–Crippen LogP) is 2.96. The second-order valence-corrected chi connectivity index (χ2v) is 10.0. The minimum Gasteiger partial charge on any atom is -0.497 e. The molecule has 162 valence electrons. The largest absolute Gasteiger partial charge is 0.497 e. The molecule has 0 bridgehead atoms. The van der Waals surface area contributed by atoms with E-state index >= 15 is 0 Å². The Kier molecular flexibility index (Phi) is 6.01. The van der Waals surface area contributed by atoms with Gasteiger partial charge in [-0.3, -0.25) is 13.7 Å². The first-order chi connectivity index (χ1) is 14.9. The van der Waals surface area contributed by atoms with Gasteiger partial charge in [0, 0.05) is 18.2 Å². The average molecular weight is 459 g/mol. The highest BCUT2D eigenvalue weighted by molar-refractivity contribution is 7.99. The summed E-state index contributed by atoms with van der Waals surface area (Å²) in [5.41, 5.74) is 2.95. The monoisotopic (exact) mass is 458 g/mol. The normalized spacial score (nSPS) is 13.7. The summed E-state index contributed by atoms with van der Waals surface area (Å²) in [6.45, 7) is 0.467. The third kappa shape index (κ3) is 4.59. The van der Waals surface area contributed by atoms with Gasteiger partial charge in [-0.15, -0.1) is 10.2 Å². The van der Waals surface area contributed by atoms with Gasteiger partial charge in [-0.25, -0.2) is 8.42 Å². The molecule has 0 saturated carbocycles. The van der Waals surface area contributed by atoms with Crippen LogP contribution in [-0.2, 0) is 16.4 Å². The molecule has 3 aromatic rings. The van der Waals surface area contributed by atoms with Crippen LogP contribution in [0.2, 0.25) is 0 Å². The molecule has 1 aliphatic heterocycles. The first-order valence-electron chi connectivity index (χ1n) is 9.68. The van der Waals surface area contributed by atoms with E-state index in [4.69, 9.17) is 4.74 Å². The third-order valence-electron chi connectivity index (χ3n) is 5.06. The SMILES string of the molecule is COc1cccc(-n2cnnc2SCC(=O)c2ccc3c(c2)CCCN3S(C)(=O)=O)c1. The van der Waals surface area contributed by atoms with Crippen molar-refractivity contribution in [2.75, 3.05) is 30.0 Å². The summed E-state index contributed by atoms with van der Waals surface area (Å²) < 4.78 is 32.5. The van der Waals surface area contributed by atoms with Crippen LogP contribution in [-0.4, -0.2) is 54.6 Å². The molecule has 0 saturated heterocycles. The minimum absolute atomic E-state index is 0.0514. The van der Waals surface area contributed by atoms with E-state index in [1.54, 1.807) is 30.1 Å². The predicted molar refractivity (Wildman–Crippen MR) is 120 cm³/mol.